The molecule has 0 fully saturated rings. The Balaban J connectivity index is 1.56. The molecule has 0 aliphatic carbocycles. The molecule has 162 valence electrons. The van der Waals surface area contributed by atoms with Crippen LogP contribution in [-0.2, 0) is 16.1 Å². The van der Waals surface area contributed by atoms with E-state index in [0.717, 1.165) is 11.1 Å². The minimum absolute atomic E-state index is 0.164. The Labute approximate surface area is 216 Å². The van der Waals surface area contributed by atoms with Gasteiger partial charge in [0.05, 0.1) is 19.0 Å². The maximum absolute atomic E-state index is 12.3. The highest BCUT2D eigenvalue weighted by Crippen LogP contribution is 2.36. The summed E-state index contributed by atoms with van der Waals surface area (Å²) in [6.45, 7) is 0.349. The minimum Gasteiger partial charge on any atom is -0.487 e. The molecule has 3 aromatic rings. The lowest BCUT2D eigenvalue weighted by atomic mass is 10.2. The van der Waals surface area contributed by atoms with Crippen molar-refractivity contribution in [2.45, 2.75) is 6.61 Å². The van der Waals surface area contributed by atoms with E-state index >= 15 is 0 Å². The third-order valence-corrected chi connectivity index (χ3v) is 6.54. The number of carbonyl (C=O) groups excluding carboxylic acids is 1. The number of halogens is 5. The van der Waals surface area contributed by atoms with Crippen molar-refractivity contribution in [2.75, 3.05) is 0 Å². The van der Waals surface area contributed by atoms with Crippen LogP contribution >= 0.6 is 66.7 Å². The van der Waals surface area contributed by atoms with Gasteiger partial charge in [-0.05, 0) is 91.5 Å². The summed E-state index contributed by atoms with van der Waals surface area (Å²) in [6.07, 6.45) is 1.63. The van der Waals surface area contributed by atoms with Gasteiger partial charge >= 0.3 is 5.97 Å². The molecule has 0 atom stereocenters. The Morgan fingerprint density at radius 1 is 0.969 bits per heavy atom. The van der Waals surface area contributed by atoms with Crippen molar-refractivity contribution in [2.24, 2.45) is 4.99 Å². The van der Waals surface area contributed by atoms with E-state index in [9.17, 15) is 4.79 Å². The third kappa shape index (κ3) is 5.38. The predicted molar refractivity (Wildman–Crippen MR) is 135 cm³/mol. The lowest BCUT2D eigenvalue weighted by Crippen LogP contribution is -2.05. The summed E-state index contributed by atoms with van der Waals surface area (Å²) < 4.78 is 12.6. The number of hydrogen-bond acceptors (Lipinski definition) is 4. The van der Waals surface area contributed by atoms with Gasteiger partial charge in [-0.2, -0.15) is 0 Å². The van der Waals surface area contributed by atoms with E-state index < -0.39 is 5.97 Å². The van der Waals surface area contributed by atoms with Gasteiger partial charge in [0.25, 0.3) is 0 Å². The first-order valence-electron chi connectivity index (χ1n) is 9.14. The van der Waals surface area contributed by atoms with Gasteiger partial charge in [-0.15, -0.1) is 0 Å². The first-order valence-corrected chi connectivity index (χ1v) is 11.9. The Bertz CT molecular complexity index is 1270. The number of benzene rings is 3. The molecule has 4 nitrogen and oxygen atoms in total. The summed E-state index contributed by atoms with van der Waals surface area (Å²) in [6, 6.07) is 16.0. The first kappa shape index (κ1) is 23.3. The molecular weight excluding hydrogens is 604 g/mol. The van der Waals surface area contributed by atoms with Crippen LogP contribution in [0.5, 0.6) is 5.75 Å². The molecule has 4 rings (SSSR count). The molecule has 0 radical (unpaired) electrons. The van der Waals surface area contributed by atoms with E-state index in [2.05, 4.69) is 36.9 Å². The van der Waals surface area contributed by atoms with Gasteiger partial charge in [-0.1, -0.05) is 46.9 Å². The fraction of sp³-hybridized carbons (Fsp3) is 0.0435. The van der Waals surface area contributed by atoms with E-state index in [1.54, 1.807) is 24.3 Å². The molecule has 0 spiro atoms. The molecule has 0 amide bonds. The van der Waals surface area contributed by atoms with Crippen molar-refractivity contribution >= 4 is 84.6 Å². The van der Waals surface area contributed by atoms with Gasteiger partial charge in [0.2, 0.25) is 5.90 Å². The summed E-state index contributed by atoms with van der Waals surface area (Å²) in [5.41, 5.74) is 2.39. The molecule has 1 heterocycles. The zero-order valence-corrected chi connectivity index (χ0v) is 21.5. The smallest absolute Gasteiger partial charge is 0.363 e. The average Bonchev–Trinajstić information content (AvgIpc) is 3.10. The fourth-order valence-electron chi connectivity index (χ4n) is 2.90. The second-order valence-electron chi connectivity index (χ2n) is 6.70. The molecule has 32 heavy (non-hydrogen) atoms. The molecule has 0 N–H and O–H groups in total. The zero-order chi connectivity index (χ0) is 22.8. The molecule has 0 aromatic heterocycles. The number of esters is 1. The van der Waals surface area contributed by atoms with Crippen LogP contribution in [0.4, 0.5) is 0 Å². The quantitative estimate of drug-likeness (QED) is 0.215. The Morgan fingerprint density at radius 2 is 1.72 bits per heavy atom. The molecule has 3 aromatic carbocycles. The third-order valence-electron chi connectivity index (χ3n) is 4.38. The van der Waals surface area contributed by atoms with Gasteiger partial charge < -0.3 is 9.47 Å². The highest BCUT2D eigenvalue weighted by molar-refractivity contribution is 9.11. The van der Waals surface area contributed by atoms with Crippen LogP contribution in [0.3, 0.4) is 0 Å². The SMILES string of the molecule is O=C1OC(c2ccc(Cl)c(Cl)c2)=N/C1=C\c1cc(Br)c(OCc2cccc(Cl)c2)c(Br)c1. The summed E-state index contributed by atoms with van der Waals surface area (Å²) in [5, 5.41) is 1.40. The topological polar surface area (TPSA) is 47.9 Å². The number of rotatable bonds is 5. The van der Waals surface area contributed by atoms with E-state index in [1.807, 2.05) is 36.4 Å². The zero-order valence-electron chi connectivity index (χ0n) is 16.0. The van der Waals surface area contributed by atoms with Crippen LogP contribution in [0.25, 0.3) is 6.08 Å². The summed E-state index contributed by atoms with van der Waals surface area (Å²) in [5.74, 6) is 0.236. The molecule has 0 saturated carbocycles. The number of ether oxygens (including phenoxy) is 2. The van der Waals surface area contributed by atoms with E-state index in [1.165, 1.54) is 0 Å². The van der Waals surface area contributed by atoms with Gasteiger partial charge in [0, 0.05) is 10.6 Å². The average molecular weight is 617 g/mol. The van der Waals surface area contributed by atoms with Gasteiger partial charge in [-0.25, -0.2) is 9.79 Å². The summed E-state index contributed by atoms with van der Waals surface area (Å²) >= 11 is 25.1. The second kappa shape index (κ2) is 9.98. The van der Waals surface area contributed by atoms with Crippen molar-refractivity contribution in [3.8, 4) is 5.75 Å². The summed E-state index contributed by atoms with van der Waals surface area (Å²) in [7, 11) is 0. The highest BCUT2D eigenvalue weighted by atomic mass is 79.9. The van der Waals surface area contributed by atoms with Crippen molar-refractivity contribution in [3.05, 3.63) is 101 Å². The molecular formula is C23H12Br2Cl3NO3. The molecule has 0 unspecified atom stereocenters. The lowest BCUT2D eigenvalue weighted by Gasteiger charge is -2.11. The van der Waals surface area contributed by atoms with E-state index in [-0.39, 0.29) is 11.6 Å². The summed E-state index contributed by atoms with van der Waals surface area (Å²) in [4.78, 5) is 16.6. The molecule has 0 saturated heterocycles. The Hall–Kier alpha value is -1.83. The van der Waals surface area contributed by atoms with Crippen LogP contribution in [0.15, 0.2) is 74.2 Å². The van der Waals surface area contributed by atoms with Crippen LogP contribution < -0.4 is 4.74 Å². The maximum Gasteiger partial charge on any atom is 0.363 e. The van der Waals surface area contributed by atoms with Crippen molar-refractivity contribution < 1.29 is 14.3 Å². The number of hydrogen-bond donors (Lipinski definition) is 0. The minimum atomic E-state index is -0.556. The fourth-order valence-corrected chi connectivity index (χ4v) is 4.86. The predicted octanol–water partition coefficient (Wildman–Crippen LogP) is 8.10. The number of cyclic esters (lactones) is 1. The van der Waals surface area contributed by atoms with Crippen LogP contribution in [-0.4, -0.2) is 11.9 Å². The maximum atomic E-state index is 12.3. The number of aliphatic imine (C=N–C) groups is 1. The van der Waals surface area contributed by atoms with Crippen molar-refractivity contribution in [1.82, 2.24) is 0 Å². The van der Waals surface area contributed by atoms with Gasteiger partial charge in [0.15, 0.2) is 5.70 Å². The van der Waals surface area contributed by atoms with Gasteiger partial charge in [0.1, 0.15) is 12.4 Å². The first-order chi connectivity index (χ1) is 15.3. The van der Waals surface area contributed by atoms with E-state index in [0.29, 0.717) is 41.9 Å². The molecule has 0 bridgehead atoms. The number of nitrogens with zero attached hydrogens (tertiary/aromatic N) is 1. The molecule has 9 heteroatoms. The highest BCUT2D eigenvalue weighted by Gasteiger charge is 2.25. The number of carbonyl (C=O) groups is 1. The normalized spacial score (nSPS) is 14.5. The lowest BCUT2D eigenvalue weighted by molar-refractivity contribution is -0.129. The van der Waals surface area contributed by atoms with Crippen LogP contribution in [0.1, 0.15) is 16.7 Å². The van der Waals surface area contributed by atoms with Crippen molar-refractivity contribution in [1.29, 1.82) is 0 Å². The van der Waals surface area contributed by atoms with Crippen molar-refractivity contribution in [3.63, 3.8) is 0 Å². The second-order valence-corrected chi connectivity index (χ2v) is 9.66. The van der Waals surface area contributed by atoms with Gasteiger partial charge in [-0.3, -0.25) is 0 Å². The Kier molecular flexibility index (Phi) is 7.27. The molecule has 1 aliphatic heterocycles. The van der Waals surface area contributed by atoms with Crippen LogP contribution in [0.2, 0.25) is 15.1 Å². The van der Waals surface area contributed by atoms with E-state index in [4.69, 9.17) is 44.3 Å². The largest absolute Gasteiger partial charge is 0.487 e. The Morgan fingerprint density at radius 3 is 2.41 bits per heavy atom. The monoisotopic (exact) mass is 613 g/mol. The van der Waals surface area contributed by atoms with Crippen LogP contribution in [0, 0.1) is 0 Å². The standard InChI is InChI=1S/C23H12Br2Cl3NO3/c24-16-7-13(8-17(25)21(16)31-11-12-2-1-3-15(26)6-12)9-20-23(30)32-22(29-20)14-4-5-18(27)19(28)10-14/h1-10H,11H2/b20-9-. The molecule has 1 aliphatic rings.